The van der Waals surface area contributed by atoms with E-state index in [0.717, 1.165) is 43.4 Å². The molecule has 6 nitrogen and oxygen atoms in total. The number of hydrogen-bond acceptors (Lipinski definition) is 5. The Morgan fingerprint density at radius 2 is 2.12 bits per heavy atom. The van der Waals surface area contributed by atoms with Gasteiger partial charge >= 0.3 is 0 Å². The minimum absolute atomic E-state index is 0.643. The van der Waals surface area contributed by atoms with Gasteiger partial charge in [0, 0.05) is 36.9 Å². The molecule has 0 bridgehead atoms. The van der Waals surface area contributed by atoms with Gasteiger partial charge in [-0.25, -0.2) is 15.0 Å². The fraction of sp³-hybridized carbons (Fsp3) is 0.350. The predicted molar refractivity (Wildman–Crippen MR) is 102 cm³/mol. The number of nitrogens with one attached hydrogen (secondary N) is 2. The molecular weight excluding hydrogens is 324 g/mol. The van der Waals surface area contributed by atoms with Crippen LogP contribution in [0.3, 0.4) is 0 Å². The number of H-pyrrole nitrogens is 1. The number of aromatic nitrogens is 4. The average molecular weight is 348 g/mol. The van der Waals surface area contributed by atoms with Crippen molar-refractivity contribution in [2.75, 3.05) is 18.4 Å². The molecule has 3 aromatic heterocycles. The van der Waals surface area contributed by atoms with E-state index in [4.69, 9.17) is 4.98 Å². The van der Waals surface area contributed by atoms with Crippen LogP contribution in [0, 0.1) is 5.92 Å². The summed E-state index contributed by atoms with van der Waals surface area (Å²) in [6.45, 7) is 3.22. The van der Waals surface area contributed by atoms with Crippen LogP contribution in [0.4, 0.5) is 11.6 Å². The summed E-state index contributed by atoms with van der Waals surface area (Å²) in [4.78, 5) is 18.9. The third-order valence-electron chi connectivity index (χ3n) is 4.78. The van der Waals surface area contributed by atoms with E-state index in [1.165, 1.54) is 18.5 Å². The number of piperidine rings is 1. The van der Waals surface area contributed by atoms with Gasteiger partial charge in [-0.05, 0) is 56.0 Å². The van der Waals surface area contributed by atoms with Crippen LogP contribution in [-0.4, -0.2) is 37.9 Å². The van der Waals surface area contributed by atoms with Crippen molar-refractivity contribution in [3.8, 4) is 0 Å². The molecule has 0 aromatic carbocycles. The van der Waals surface area contributed by atoms with Crippen LogP contribution in [-0.2, 0) is 13.0 Å². The largest absolute Gasteiger partial charge is 0.347 e. The molecule has 0 spiro atoms. The van der Waals surface area contributed by atoms with Gasteiger partial charge in [0.15, 0.2) is 0 Å². The van der Waals surface area contributed by atoms with Crippen molar-refractivity contribution >= 4 is 11.6 Å². The number of aromatic amines is 1. The average Bonchev–Trinajstić information content (AvgIpc) is 3.16. The number of rotatable bonds is 6. The molecule has 1 aliphatic rings. The molecule has 6 heteroatoms. The highest BCUT2D eigenvalue weighted by molar-refractivity contribution is 5.51. The van der Waals surface area contributed by atoms with Gasteiger partial charge in [0.25, 0.3) is 0 Å². The Hall–Kier alpha value is -2.73. The maximum atomic E-state index is 4.78. The molecule has 134 valence electrons. The van der Waals surface area contributed by atoms with Crippen LogP contribution in [0.25, 0.3) is 0 Å². The molecule has 1 atom stereocenters. The number of imidazole rings is 1. The SMILES string of the molecule is c1ccc(Nc2cccc(CC3CCCN(Cc4cnc[nH]4)C3)n2)nc1. The third-order valence-corrected chi connectivity index (χ3v) is 4.78. The lowest BCUT2D eigenvalue weighted by molar-refractivity contribution is 0.165. The Bertz CT molecular complexity index is 802. The Labute approximate surface area is 153 Å². The van der Waals surface area contributed by atoms with Crippen LogP contribution in [0.15, 0.2) is 55.1 Å². The quantitative estimate of drug-likeness (QED) is 0.714. The molecule has 0 saturated carbocycles. The first-order chi connectivity index (χ1) is 12.8. The van der Waals surface area contributed by atoms with E-state index in [1.807, 2.05) is 30.5 Å². The second-order valence-electron chi connectivity index (χ2n) is 6.88. The van der Waals surface area contributed by atoms with Gasteiger partial charge in [-0.15, -0.1) is 0 Å². The molecular formula is C20H24N6. The van der Waals surface area contributed by atoms with E-state index in [-0.39, 0.29) is 0 Å². The summed E-state index contributed by atoms with van der Waals surface area (Å²) in [6, 6.07) is 12.0. The summed E-state index contributed by atoms with van der Waals surface area (Å²) in [5.74, 6) is 2.32. The molecule has 4 heterocycles. The molecule has 3 aromatic rings. The number of likely N-dealkylation sites (tertiary alicyclic amines) is 1. The van der Waals surface area contributed by atoms with Crippen LogP contribution in [0.1, 0.15) is 24.2 Å². The lowest BCUT2D eigenvalue weighted by Crippen LogP contribution is -2.35. The van der Waals surface area contributed by atoms with Crippen molar-refractivity contribution in [2.24, 2.45) is 5.92 Å². The predicted octanol–water partition coefficient (Wildman–Crippen LogP) is 3.40. The van der Waals surface area contributed by atoms with Crippen LogP contribution in [0.2, 0.25) is 0 Å². The summed E-state index contributed by atoms with van der Waals surface area (Å²) < 4.78 is 0. The minimum Gasteiger partial charge on any atom is -0.347 e. The molecule has 0 aliphatic carbocycles. The Morgan fingerprint density at radius 1 is 1.15 bits per heavy atom. The van der Waals surface area contributed by atoms with Crippen molar-refractivity contribution < 1.29 is 0 Å². The van der Waals surface area contributed by atoms with Crippen LogP contribution >= 0.6 is 0 Å². The Balaban J connectivity index is 1.36. The van der Waals surface area contributed by atoms with Crippen molar-refractivity contribution in [1.82, 2.24) is 24.8 Å². The summed E-state index contributed by atoms with van der Waals surface area (Å²) in [5.41, 5.74) is 2.32. The monoisotopic (exact) mass is 348 g/mol. The van der Waals surface area contributed by atoms with E-state index in [1.54, 1.807) is 12.5 Å². The van der Waals surface area contributed by atoms with Gasteiger partial charge in [0.1, 0.15) is 11.6 Å². The molecule has 0 radical (unpaired) electrons. The maximum absolute atomic E-state index is 4.78. The van der Waals surface area contributed by atoms with E-state index < -0.39 is 0 Å². The van der Waals surface area contributed by atoms with Gasteiger partial charge in [-0.3, -0.25) is 4.90 Å². The number of anilines is 2. The molecule has 26 heavy (non-hydrogen) atoms. The summed E-state index contributed by atoms with van der Waals surface area (Å²) in [6.07, 6.45) is 8.96. The van der Waals surface area contributed by atoms with E-state index >= 15 is 0 Å². The van der Waals surface area contributed by atoms with Gasteiger partial charge in [-0.1, -0.05) is 12.1 Å². The van der Waals surface area contributed by atoms with E-state index in [2.05, 4.69) is 37.3 Å². The third kappa shape index (κ3) is 4.46. The first-order valence-electron chi connectivity index (χ1n) is 9.19. The zero-order valence-electron chi connectivity index (χ0n) is 14.8. The van der Waals surface area contributed by atoms with Crippen LogP contribution in [0.5, 0.6) is 0 Å². The summed E-state index contributed by atoms with van der Waals surface area (Å²) in [7, 11) is 0. The topological polar surface area (TPSA) is 69.7 Å². The fourth-order valence-electron chi connectivity index (χ4n) is 3.60. The number of pyridine rings is 2. The van der Waals surface area contributed by atoms with E-state index in [0.29, 0.717) is 5.92 Å². The van der Waals surface area contributed by atoms with Crippen molar-refractivity contribution in [1.29, 1.82) is 0 Å². The van der Waals surface area contributed by atoms with Crippen molar-refractivity contribution in [2.45, 2.75) is 25.8 Å². The highest BCUT2D eigenvalue weighted by Gasteiger charge is 2.21. The zero-order chi connectivity index (χ0) is 17.6. The highest BCUT2D eigenvalue weighted by atomic mass is 15.1. The first kappa shape index (κ1) is 16.7. The summed E-state index contributed by atoms with van der Waals surface area (Å²) >= 11 is 0. The normalized spacial score (nSPS) is 17.9. The number of nitrogens with zero attached hydrogens (tertiary/aromatic N) is 4. The van der Waals surface area contributed by atoms with Crippen LogP contribution < -0.4 is 5.32 Å². The van der Waals surface area contributed by atoms with E-state index in [9.17, 15) is 0 Å². The molecule has 1 saturated heterocycles. The van der Waals surface area contributed by atoms with Gasteiger partial charge in [0.2, 0.25) is 0 Å². The standard InChI is InChI=1S/C20H24N6/c1-2-9-22-19(7-1)25-20-8-3-6-17(24-20)11-16-5-4-10-26(13-16)14-18-12-21-15-23-18/h1-3,6-9,12,15-16H,4-5,10-11,13-14H2,(H,21,23)(H,22,24,25). The maximum Gasteiger partial charge on any atom is 0.131 e. The minimum atomic E-state index is 0.643. The molecule has 2 N–H and O–H groups in total. The number of hydrogen-bond donors (Lipinski definition) is 2. The molecule has 0 amide bonds. The second kappa shape index (κ2) is 8.10. The molecule has 1 fully saturated rings. The van der Waals surface area contributed by atoms with Gasteiger partial charge in [0.05, 0.1) is 6.33 Å². The van der Waals surface area contributed by atoms with Crippen molar-refractivity contribution in [3.63, 3.8) is 0 Å². The Kier molecular flexibility index (Phi) is 5.21. The van der Waals surface area contributed by atoms with Gasteiger partial charge in [-0.2, -0.15) is 0 Å². The van der Waals surface area contributed by atoms with Crippen molar-refractivity contribution in [3.05, 3.63) is 66.5 Å². The molecule has 4 rings (SSSR count). The first-order valence-corrected chi connectivity index (χ1v) is 9.19. The highest BCUT2D eigenvalue weighted by Crippen LogP contribution is 2.22. The fourth-order valence-corrected chi connectivity index (χ4v) is 3.60. The summed E-state index contributed by atoms with van der Waals surface area (Å²) in [5, 5.41) is 3.28. The second-order valence-corrected chi connectivity index (χ2v) is 6.88. The lowest BCUT2D eigenvalue weighted by atomic mass is 9.93. The van der Waals surface area contributed by atoms with Gasteiger partial charge < -0.3 is 10.3 Å². The Morgan fingerprint density at radius 3 is 2.96 bits per heavy atom. The smallest absolute Gasteiger partial charge is 0.131 e. The molecule has 1 unspecified atom stereocenters. The lowest BCUT2D eigenvalue weighted by Gasteiger charge is -2.32. The molecule has 1 aliphatic heterocycles. The zero-order valence-corrected chi connectivity index (χ0v) is 14.8.